The monoisotopic (exact) mass is 267 g/mol. The Labute approximate surface area is 112 Å². The van der Waals surface area contributed by atoms with E-state index in [0.29, 0.717) is 30.1 Å². The van der Waals surface area contributed by atoms with Gasteiger partial charge in [-0.2, -0.15) is 0 Å². The van der Waals surface area contributed by atoms with Crippen molar-refractivity contribution in [2.45, 2.75) is 26.4 Å². The van der Waals surface area contributed by atoms with E-state index in [2.05, 4.69) is 0 Å². The highest BCUT2D eigenvalue weighted by atomic mass is 35.5. The lowest BCUT2D eigenvalue weighted by atomic mass is 9.95. The van der Waals surface area contributed by atoms with Crippen LogP contribution in [0.4, 0.5) is 0 Å². The Morgan fingerprint density at radius 2 is 2.22 bits per heavy atom. The van der Waals surface area contributed by atoms with Crippen LogP contribution in [0.25, 0.3) is 0 Å². The van der Waals surface area contributed by atoms with Gasteiger partial charge in [-0.3, -0.25) is 4.79 Å². The summed E-state index contributed by atoms with van der Waals surface area (Å²) in [6.45, 7) is 5.09. The molecule has 1 amide bonds. The maximum atomic E-state index is 12.4. The van der Waals surface area contributed by atoms with E-state index >= 15 is 0 Å². The van der Waals surface area contributed by atoms with Crippen molar-refractivity contribution in [1.29, 1.82) is 0 Å². The highest BCUT2D eigenvalue weighted by Crippen LogP contribution is 2.22. The van der Waals surface area contributed by atoms with Gasteiger partial charge >= 0.3 is 0 Å². The molecular formula is C14H18ClNO2. The lowest BCUT2D eigenvalue weighted by molar-refractivity contribution is 0.0297. The molecule has 2 atom stereocenters. The van der Waals surface area contributed by atoms with Gasteiger partial charge in [-0.1, -0.05) is 24.6 Å². The average molecular weight is 268 g/mol. The highest BCUT2D eigenvalue weighted by Gasteiger charge is 2.28. The zero-order valence-corrected chi connectivity index (χ0v) is 11.4. The second-order valence-corrected chi connectivity index (χ2v) is 5.48. The maximum absolute atomic E-state index is 12.4. The van der Waals surface area contributed by atoms with Crippen molar-refractivity contribution in [3.63, 3.8) is 0 Å². The predicted molar refractivity (Wildman–Crippen MR) is 71.9 cm³/mol. The zero-order valence-electron chi connectivity index (χ0n) is 10.7. The molecule has 3 nitrogen and oxygen atoms in total. The predicted octanol–water partition coefficient (Wildman–Crippen LogP) is 2.49. The van der Waals surface area contributed by atoms with Gasteiger partial charge in [-0.25, -0.2) is 0 Å². The number of halogens is 1. The number of hydrogen-bond acceptors (Lipinski definition) is 2. The van der Waals surface area contributed by atoms with Crippen molar-refractivity contribution in [2.24, 2.45) is 5.92 Å². The molecule has 2 unspecified atom stereocenters. The number of benzene rings is 1. The number of hydrogen-bond donors (Lipinski definition) is 1. The summed E-state index contributed by atoms with van der Waals surface area (Å²) in [5.74, 6) is 0.135. The third kappa shape index (κ3) is 2.68. The van der Waals surface area contributed by atoms with E-state index in [9.17, 15) is 9.90 Å². The van der Waals surface area contributed by atoms with Gasteiger partial charge in [-0.05, 0) is 37.0 Å². The Bertz CT molecular complexity index is 461. The second-order valence-electron chi connectivity index (χ2n) is 5.04. The molecule has 1 saturated heterocycles. The third-order valence-electron chi connectivity index (χ3n) is 3.58. The van der Waals surface area contributed by atoms with E-state index in [0.717, 1.165) is 5.56 Å². The summed E-state index contributed by atoms with van der Waals surface area (Å²) in [4.78, 5) is 14.2. The summed E-state index contributed by atoms with van der Waals surface area (Å²) in [6, 6.07) is 5.36. The summed E-state index contributed by atoms with van der Waals surface area (Å²) in [7, 11) is 0. The SMILES string of the molecule is Cc1ccc(Cl)cc1C(=O)N1CCC(O)C(C)C1. The van der Waals surface area contributed by atoms with Gasteiger partial charge in [0.2, 0.25) is 0 Å². The van der Waals surface area contributed by atoms with Crippen molar-refractivity contribution in [1.82, 2.24) is 4.90 Å². The molecule has 1 fully saturated rings. The molecular weight excluding hydrogens is 250 g/mol. The number of piperidine rings is 1. The van der Waals surface area contributed by atoms with Crippen LogP contribution in [0, 0.1) is 12.8 Å². The van der Waals surface area contributed by atoms with E-state index in [4.69, 9.17) is 11.6 Å². The van der Waals surface area contributed by atoms with Gasteiger partial charge in [-0.15, -0.1) is 0 Å². The van der Waals surface area contributed by atoms with Crippen molar-refractivity contribution in [3.05, 3.63) is 34.3 Å². The summed E-state index contributed by atoms with van der Waals surface area (Å²) in [5, 5.41) is 10.3. The van der Waals surface area contributed by atoms with Gasteiger partial charge in [0, 0.05) is 23.7 Å². The summed E-state index contributed by atoms with van der Waals surface area (Å²) < 4.78 is 0. The Balaban J connectivity index is 2.19. The van der Waals surface area contributed by atoms with Gasteiger partial charge in [0.05, 0.1) is 6.10 Å². The molecule has 0 radical (unpaired) electrons. The van der Waals surface area contributed by atoms with Crippen LogP contribution in [0.2, 0.25) is 5.02 Å². The Hall–Kier alpha value is -1.06. The maximum Gasteiger partial charge on any atom is 0.254 e. The molecule has 1 aromatic rings. The normalized spacial score (nSPS) is 24.1. The summed E-state index contributed by atoms with van der Waals surface area (Å²) in [6.07, 6.45) is 0.349. The minimum atomic E-state index is -0.297. The number of carbonyl (C=O) groups is 1. The lowest BCUT2D eigenvalue weighted by Crippen LogP contribution is -2.45. The minimum absolute atomic E-state index is 0.00810. The van der Waals surface area contributed by atoms with Crippen molar-refractivity contribution < 1.29 is 9.90 Å². The number of rotatable bonds is 1. The first-order valence-electron chi connectivity index (χ1n) is 6.22. The number of aryl methyl sites for hydroxylation is 1. The molecule has 2 rings (SSSR count). The van der Waals surface area contributed by atoms with Crippen LogP contribution < -0.4 is 0 Å². The first kappa shape index (κ1) is 13.4. The third-order valence-corrected chi connectivity index (χ3v) is 3.81. The number of amides is 1. The molecule has 1 aromatic carbocycles. The van der Waals surface area contributed by atoms with Crippen LogP contribution in [0.15, 0.2) is 18.2 Å². The minimum Gasteiger partial charge on any atom is -0.393 e. The fourth-order valence-corrected chi connectivity index (χ4v) is 2.48. The van der Waals surface area contributed by atoms with E-state index in [1.165, 1.54) is 0 Å². The van der Waals surface area contributed by atoms with Crippen molar-refractivity contribution in [2.75, 3.05) is 13.1 Å². The summed E-state index contributed by atoms with van der Waals surface area (Å²) in [5.41, 5.74) is 1.59. The molecule has 1 aliphatic rings. The smallest absolute Gasteiger partial charge is 0.254 e. The molecule has 0 saturated carbocycles. The molecule has 1 heterocycles. The van der Waals surface area contributed by atoms with Gasteiger partial charge in [0.1, 0.15) is 0 Å². The standard InChI is InChI=1S/C14H18ClNO2/c1-9-3-4-11(15)7-12(9)14(18)16-6-5-13(17)10(2)8-16/h3-4,7,10,13,17H,5-6,8H2,1-2H3. The number of likely N-dealkylation sites (tertiary alicyclic amines) is 1. The van der Waals surface area contributed by atoms with Crippen molar-refractivity contribution in [3.8, 4) is 0 Å². The lowest BCUT2D eigenvalue weighted by Gasteiger charge is -2.34. The Kier molecular flexibility index (Phi) is 3.93. The number of carbonyl (C=O) groups excluding carboxylic acids is 1. The number of aliphatic hydroxyl groups excluding tert-OH is 1. The average Bonchev–Trinajstić information content (AvgIpc) is 2.35. The molecule has 0 aliphatic carbocycles. The number of nitrogens with zero attached hydrogens (tertiary/aromatic N) is 1. The quantitative estimate of drug-likeness (QED) is 0.849. The van der Waals surface area contributed by atoms with Gasteiger partial charge in [0.15, 0.2) is 0 Å². The molecule has 18 heavy (non-hydrogen) atoms. The van der Waals surface area contributed by atoms with Crippen LogP contribution in [0.5, 0.6) is 0 Å². The Morgan fingerprint density at radius 1 is 1.50 bits per heavy atom. The van der Waals surface area contributed by atoms with E-state index in [1.54, 1.807) is 17.0 Å². The number of aliphatic hydroxyl groups is 1. The highest BCUT2D eigenvalue weighted by molar-refractivity contribution is 6.31. The van der Waals surface area contributed by atoms with Crippen LogP contribution in [-0.4, -0.2) is 35.1 Å². The fraction of sp³-hybridized carbons (Fsp3) is 0.500. The zero-order chi connectivity index (χ0) is 13.3. The summed E-state index contributed by atoms with van der Waals surface area (Å²) >= 11 is 5.94. The molecule has 0 bridgehead atoms. The largest absolute Gasteiger partial charge is 0.393 e. The first-order chi connectivity index (χ1) is 8.49. The molecule has 0 spiro atoms. The van der Waals surface area contributed by atoms with Crippen LogP contribution >= 0.6 is 11.6 Å². The van der Waals surface area contributed by atoms with Crippen LogP contribution in [0.1, 0.15) is 29.3 Å². The first-order valence-corrected chi connectivity index (χ1v) is 6.60. The van der Waals surface area contributed by atoms with Crippen LogP contribution in [0.3, 0.4) is 0 Å². The molecule has 98 valence electrons. The molecule has 1 N–H and O–H groups in total. The van der Waals surface area contributed by atoms with Gasteiger partial charge in [0.25, 0.3) is 5.91 Å². The van der Waals surface area contributed by atoms with Gasteiger partial charge < -0.3 is 10.0 Å². The van der Waals surface area contributed by atoms with Crippen molar-refractivity contribution >= 4 is 17.5 Å². The van der Waals surface area contributed by atoms with E-state index in [-0.39, 0.29) is 17.9 Å². The van der Waals surface area contributed by atoms with Crippen LogP contribution in [-0.2, 0) is 0 Å². The molecule has 4 heteroatoms. The molecule has 0 aromatic heterocycles. The van der Waals surface area contributed by atoms with E-state index in [1.807, 2.05) is 19.9 Å². The Morgan fingerprint density at radius 3 is 2.89 bits per heavy atom. The molecule has 1 aliphatic heterocycles. The fourth-order valence-electron chi connectivity index (χ4n) is 2.31. The second kappa shape index (κ2) is 5.29. The topological polar surface area (TPSA) is 40.5 Å². The van der Waals surface area contributed by atoms with E-state index < -0.39 is 0 Å².